The SMILES string of the molecule is CNCC(O)CC1Oc2ccccc2N(c2ccccc2)S1(=O)=O. The van der Waals surface area contributed by atoms with Crippen molar-refractivity contribution < 1.29 is 18.3 Å². The summed E-state index contributed by atoms with van der Waals surface area (Å²) in [5, 5.41) is 12.8. The first-order chi connectivity index (χ1) is 11.5. The van der Waals surface area contributed by atoms with Gasteiger partial charge in [0.1, 0.15) is 5.75 Å². The van der Waals surface area contributed by atoms with Crippen LogP contribution in [-0.2, 0) is 10.0 Å². The monoisotopic (exact) mass is 348 g/mol. The number of likely N-dealkylation sites (N-methyl/N-ethyl adjacent to an activating group) is 1. The number of fused-ring (bicyclic) bond motifs is 1. The van der Waals surface area contributed by atoms with Gasteiger partial charge in [0.05, 0.1) is 17.5 Å². The van der Waals surface area contributed by atoms with Crippen molar-refractivity contribution in [3.8, 4) is 5.75 Å². The molecular weight excluding hydrogens is 328 g/mol. The van der Waals surface area contributed by atoms with Gasteiger partial charge in [0.2, 0.25) is 5.44 Å². The molecule has 1 aliphatic rings. The summed E-state index contributed by atoms with van der Waals surface area (Å²) >= 11 is 0. The van der Waals surface area contributed by atoms with Crippen LogP contribution in [-0.4, -0.2) is 38.7 Å². The lowest BCUT2D eigenvalue weighted by atomic mass is 10.2. The van der Waals surface area contributed by atoms with Gasteiger partial charge in [-0.25, -0.2) is 12.7 Å². The van der Waals surface area contributed by atoms with Crippen LogP contribution in [0.4, 0.5) is 11.4 Å². The molecule has 0 fully saturated rings. The van der Waals surface area contributed by atoms with E-state index in [0.29, 0.717) is 23.7 Å². The number of hydrogen-bond donors (Lipinski definition) is 2. The molecule has 2 atom stereocenters. The topological polar surface area (TPSA) is 78.9 Å². The summed E-state index contributed by atoms with van der Waals surface area (Å²) in [6.07, 6.45) is -0.835. The maximum absolute atomic E-state index is 13.1. The summed E-state index contributed by atoms with van der Waals surface area (Å²) in [5.41, 5.74) is -0.125. The highest BCUT2D eigenvalue weighted by Gasteiger charge is 2.41. The van der Waals surface area contributed by atoms with E-state index >= 15 is 0 Å². The van der Waals surface area contributed by atoms with E-state index in [9.17, 15) is 13.5 Å². The van der Waals surface area contributed by atoms with Crippen LogP contribution in [0.3, 0.4) is 0 Å². The summed E-state index contributed by atoms with van der Waals surface area (Å²) in [6, 6.07) is 15.9. The molecule has 128 valence electrons. The van der Waals surface area contributed by atoms with Crippen LogP contribution in [0.5, 0.6) is 5.75 Å². The Morgan fingerprint density at radius 2 is 1.83 bits per heavy atom. The maximum atomic E-state index is 13.1. The first kappa shape index (κ1) is 16.8. The fourth-order valence-corrected chi connectivity index (χ4v) is 4.51. The molecule has 2 aromatic carbocycles. The number of benzene rings is 2. The molecule has 2 aromatic rings. The van der Waals surface area contributed by atoms with Crippen LogP contribution < -0.4 is 14.4 Å². The lowest BCUT2D eigenvalue weighted by Crippen LogP contribution is -2.45. The molecule has 2 N–H and O–H groups in total. The molecule has 0 amide bonds. The molecule has 7 heteroatoms. The van der Waals surface area contributed by atoms with Crippen LogP contribution in [0.15, 0.2) is 54.6 Å². The zero-order chi connectivity index (χ0) is 17.2. The molecular formula is C17H20N2O4S. The molecule has 3 rings (SSSR count). The Hall–Kier alpha value is -2.09. The van der Waals surface area contributed by atoms with E-state index < -0.39 is 21.6 Å². The molecule has 1 aliphatic heterocycles. The molecule has 0 radical (unpaired) electrons. The van der Waals surface area contributed by atoms with Crippen molar-refractivity contribution in [2.75, 3.05) is 17.9 Å². The summed E-state index contributed by atoms with van der Waals surface area (Å²) in [7, 11) is -2.12. The first-order valence-electron chi connectivity index (χ1n) is 7.71. The van der Waals surface area contributed by atoms with Gasteiger partial charge in [-0.3, -0.25) is 0 Å². The number of aliphatic hydroxyl groups is 1. The minimum Gasteiger partial charge on any atom is -0.470 e. The quantitative estimate of drug-likeness (QED) is 0.862. The van der Waals surface area contributed by atoms with Crippen molar-refractivity contribution >= 4 is 21.4 Å². The van der Waals surface area contributed by atoms with Crippen molar-refractivity contribution in [3.05, 3.63) is 54.6 Å². The third-order valence-corrected chi connectivity index (χ3v) is 5.69. The highest BCUT2D eigenvalue weighted by atomic mass is 32.2. The van der Waals surface area contributed by atoms with Crippen molar-refractivity contribution in [1.82, 2.24) is 5.32 Å². The molecule has 0 saturated heterocycles. The zero-order valence-corrected chi connectivity index (χ0v) is 14.1. The second-order valence-corrected chi connectivity index (χ2v) is 7.53. The van der Waals surface area contributed by atoms with Gasteiger partial charge >= 0.3 is 0 Å². The smallest absolute Gasteiger partial charge is 0.278 e. The van der Waals surface area contributed by atoms with Gasteiger partial charge in [0, 0.05) is 13.0 Å². The number of sulfonamides is 1. The molecule has 2 unspecified atom stereocenters. The molecule has 1 heterocycles. The summed E-state index contributed by atoms with van der Waals surface area (Å²) < 4.78 is 33.2. The Labute approximate surface area is 141 Å². The lowest BCUT2D eigenvalue weighted by Gasteiger charge is -2.36. The van der Waals surface area contributed by atoms with E-state index in [1.807, 2.05) is 6.07 Å². The molecule has 24 heavy (non-hydrogen) atoms. The van der Waals surface area contributed by atoms with E-state index in [4.69, 9.17) is 4.74 Å². The van der Waals surface area contributed by atoms with E-state index in [-0.39, 0.29) is 6.42 Å². The van der Waals surface area contributed by atoms with Gasteiger partial charge in [-0.1, -0.05) is 30.3 Å². The number of ether oxygens (including phenoxy) is 1. The number of hydrogen-bond acceptors (Lipinski definition) is 5. The van der Waals surface area contributed by atoms with Crippen LogP contribution in [0.1, 0.15) is 6.42 Å². The lowest BCUT2D eigenvalue weighted by molar-refractivity contribution is 0.124. The van der Waals surface area contributed by atoms with Gasteiger partial charge in [0.15, 0.2) is 0 Å². The number of rotatable bonds is 5. The van der Waals surface area contributed by atoms with Crippen LogP contribution in [0.25, 0.3) is 0 Å². The minimum absolute atomic E-state index is 0.0131. The molecule has 6 nitrogen and oxygen atoms in total. The Morgan fingerprint density at radius 3 is 2.54 bits per heavy atom. The van der Waals surface area contributed by atoms with Crippen molar-refractivity contribution in [2.24, 2.45) is 0 Å². The van der Waals surface area contributed by atoms with Crippen LogP contribution in [0, 0.1) is 0 Å². The fourth-order valence-electron chi connectivity index (χ4n) is 2.74. The number of nitrogens with zero attached hydrogens (tertiary/aromatic N) is 1. The first-order valence-corrected chi connectivity index (χ1v) is 9.22. The highest BCUT2D eigenvalue weighted by Crippen LogP contribution is 2.42. The van der Waals surface area contributed by atoms with E-state index in [2.05, 4.69) is 5.32 Å². The Kier molecular flexibility index (Phi) is 4.75. The fraction of sp³-hybridized carbons (Fsp3) is 0.294. The van der Waals surface area contributed by atoms with Crippen LogP contribution >= 0.6 is 0 Å². The maximum Gasteiger partial charge on any atom is 0.278 e. The average molecular weight is 348 g/mol. The third kappa shape index (κ3) is 3.10. The normalized spacial score (nSPS) is 20.1. The van der Waals surface area contributed by atoms with Gasteiger partial charge in [0.25, 0.3) is 10.0 Å². The minimum atomic E-state index is -3.82. The van der Waals surface area contributed by atoms with Gasteiger partial charge in [-0.15, -0.1) is 0 Å². The number of aliphatic hydroxyl groups excluding tert-OH is 1. The summed E-state index contributed by atoms with van der Waals surface area (Å²) in [5.74, 6) is 0.484. The van der Waals surface area contributed by atoms with E-state index in [0.717, 1.165) is 0 Å². The molecule has 0 saturated carbocycles. The van der Waals surface area contributed by atoms with E-state index in [1.165, 1.54) is 4.31 Å². The van der Waals surface area contributed by atoms with Gasteiger partial charge < -0.3 is 15.2 Å². The summed E-state index contributed by atoms with van der Waals surface area (Å²) in [6.45, 7) is 0.294. The molecule has 0 aliphatic carbocycles. The molecule has 0 bridgehead atoms. The van der Waals surface area contributed by atoms with Crippen molar-refractivity contribution in [2.45, 2.75) is 18.0 Å². The predicted molar refractivity (Wildman–Crippen MR) is 92.9 cm³/mol. The van der Waals surface area contributed by atoms with Crippen molar-refractivity contribution in [1.29, 1.82) is 0 Å². The average Bonchev–Trinajstić information content (AvgIpc) is 2.56. The molecule has 0 spiro atoms. The second-order valence-electron chi connectivity index (χ2n) is 5.61. The van der Waals surface area contributed by atoms with Crippen molar-refractivity contribution in [3.63, 3.8) is 0 Å². The standard InChI is InChI=1S/C17H20N2O4S/c1-18-12-14(20)11-17-23-16-10-6-5-9-15(16)19(24(17,21)22)13-7-3-2-4-8-13/h2-10,14,17-18,20H,11-12H2,1H3. The van der Waals surface area contributed by atoms with E-state index in [1.54, 1.807) is 55.6 Å². The number of anilines is 2. The third-order valence-electron chi connectivity index (χ3n) is 3.82. The van der Waals surface area contributed by atoms with Crippen LogP contribution in [0.2, 0.25) is 0 Å². The van der Waals surface area contributed by atoms with Gasteiger partial charge in [-0.2, -0.15) is 0 Å². The summed E-state index contributed by atoms with van der Waals surface area (Å²) in [4.78, 5) is 0. The molecule has 0 aromatic heterocycles. The zero-order valence-electron chi connectivity index (χ0n) is 13.3. The second kappa shape index (κ2) is 6.80. The Bertz CT molecular complexity index is 795. The predicted octanol–water partition coefficient (Wildman–Crippen LogP) is 1.84. The Morgan fingerprint density at radius 1 is 1.17 bits per heavy atom. The largest absolute Gasteiger partial charge is 0.470 e. The highest BCUT2D eigenvalue weighted by molar-refractivity contribution is 7.93. The number of para-hydroxylation sites is 3. The Balaban J connectivity index is 2.05. The number of nitrogens with one attached hydrogen (secondary N) is 1. The van der Waals surface area contributed by atoms with Gasteiger partial charge in [-0.05, 0) is 31.3 Å².